The zero-order chi connectivity index (χ0) is 32.6. The van der Waals surface area contributed by atoms with E-state index in [9.17, 15) is 47.9 Å². The van der Waals surface area contributed by atoms with Gasteiger partial charge in [0.05, 0.1) is 15.5 Å². The fourth-order valence-electron chi connectivity index (χ4n) is 3.67. The Morgan fingerprint density at radius 3 is 1.61 bits per heavy atom. The second-order valence-electron chi connectivity index (χ2n) is 8.72. The fraction of sp³-hybridized carbons (Fsp3) is 0.185. The average molecular weight is 707 g/mol. The van der Waals surface area contributed by atoms with Crippen LogP contribution in [0.15, 0.2) is 120 Å². The standard InChI is InChI=1S/C27H19F9O4S4/c1-39-18-12-14-19(15-13-18)41-22-16-17-23(42-22)43(20-8-4-2-5-9-20,21-10-6-3-7-11-21)40-44(37,38)27(35,36)25(30,31)24(28,29)26(32,33)34/h2-17H,1H3. The lowest BCUT2D eigenvalue weighted by molar-refractivity contribution is -0.382. The molecule has 3 aromatic carbocycles. The first-order chi connectivity index (χ1) is 20.4. The smallest absolute Gasteiger partial charge is 0.460 e. The SMILES string of the molecule is COc1ccc(Sc2ccc(S(OS(=O)(=O)C(F)(F)C(F)(F)C(F)(F)C(F)(F)F)(c3ccccc3)c3ccccc3)s2)cc1. The van der Waals surface area contributed by atoms with E-state index >= 15 is 0 Å². The van der Waals surface area contributed by atoms with E-state index < -0.39 is 43.7 Å². The third-order valence-corrected chi connectivity index (χ3v) is 13.9. The van der Waals surface area contributed by atoms with Gasteiger partial charge in [-0.1, -0.05) is 48.2 Å². The zero-order valence-corrected chi connectivity index (χ0v) is 25.2. The molecule has 238 valence electrons. The summed E-state index contributed by atoms with van der Waals surface area (Å²) in [5, 5.41) is -7.04. The quantitative estimate of drug-likeness (QED) is 0.145. The van der Waals surface area contributed by atoms with Gasteiger partial charge < -0.3 is 4.74 Å². The molecule has 4 nitrogen and oxygen atoms in total. The van der Waals surface area contributed by atoms with Crippen LogP contribution in [0.2, 0.25) is 0 Å². The first-order valence-corrected chi connectivity index (χ1v) is 16.5. The van der Waals surface area contributed by atoms with Crippen LogP contribution in [-0.4, -0.2) is 38.8 Å². The maximum absolute atomic E-state index is 15.0. The number of hydrogen-bond acceptors (Lipinski definition) is 6. The minimum atomic E-state index is -7.46. The Labute approximate surface area is 255 Å². The molecule has 0 amide bonds. The minimum absolute atomic E-state index is 0.115. The first-order valence-electron chi connectivity index (χ1n) is 11.9. The van der Waals surface area contributed by atoms with Gasteiger partial charge in [0.25, 0.3) is 0 Å². The molecule has 0 N–H and O–H groups in total. The molecule has 0 saturated heterocycles. The maximum atomic E-state index is 15.0. The summed E-state index contributed by atoms with van der Waals surface area (Å²) in [5.74, 6) is -14.4. The highest BCUT2D eigenvalue weighted by molar-refractivity contribution is 8.34. The molecule has 1 aromatic heterocycles. The molecular formula is C27H19F9O4S4. The van der Waals surface area contributed by atoms with E-state index in [1.54, 1.807) is 24.3 Å². The lowest BCUT2D eigenvalue weighted by Gasteiger charge is -2.40. The monoisotopic (exact) mass is 706 g/mol. The van der Waals surface area contributed by atoms with Crippen molar-refractivity contribution in [1.82, 2.24) is 0 Å². The number of rotatable bonds is 11. The number of thiophene rings is 1. The van der Waals surface area contributed by atoms with Gasteiger partial charge in [-0.25, -0.2) is 3.63 Å². The fourth-order valence-corrected chi connectivity index (χ4v) is 12.1. The number of benzene rings is 3. The van der Waals surface area contributed by atoms with E-state index in [0.29, 0.717) is 14.9 Å². The van der Waals surface area contributed by atoms with Gasteiger partial charge in [-0.15, -0.1) is 11.3 Å². The van der Waals surface area contributed by atoms with Crippen molar-refractivity contribution in [3.05, 3.63) is 97.1 Å². The molecule has 4 rings (SSSR count). The average Bonchev–Trinajstić information content (AvgIpc) is 3.45. The molecule has 17 heteroatoms. The third kappa shape index (κ3) is 5.91. The molecule has 0 aliphatic carbocycles. The molecule has 0 atom stereocenters. The molecule has 0 bridgehead atoms. The highest BCUT2D eigenvalue weighted by Crippen LogP contribution is 2.73. The largest absolute Gasteiger partial charge is 0.497 e. The Hall–Kier alpha value is -2.86. The molecule has 4 aromatic rings. The normalized spacial score (nSPS) is 14.0. The lowest BCUT2D eigenvalue weighted by atomic mass is 10.1. The Morgan fingerprint density at radius 2 is 1.16 bits per heavy atom. The topological polar surface area (TPSA) is 52.6 Å². The van der Waals surface area contributed by atoms with Crippen molar-refractivity contribution < 1.29 is 56.3 Å². The molecule has 1 heterocycles. The van der Waals surface area contributed by atoms with Gasteiger partial charge in [-0.2, -0.15) is 47.9 Å². The van der Waals surface area contributed by atoms with Gasteiger partial charge >= 0.3 is 33.4 Å². The summed E-state index contributed by atoms with van der Waals surface area (Å²) in [6.07, 6.45) is -7.22. The van der Waals surface area contributed by atoms with Crippen LogP contribution in [0, 0.1) is 0 Å². The third-order valence-electron chi connectivity index (χ3n) is 5.89. The molecule has 0 radical (unpaired) electrons. The molecule has 44 heavy (non-hydrogen) atoms. The molecule has 0 fully saturated rings. The first kappa shape index (κ1) is 34.0. The van der Waals surface area contributed by atoms with Crippen LogP contribution >= 0.6 is 33.4 Å². The van der Waals surface area contributed by atoms with Gasteiger partial charge in [0.2, 0.25) is 0 Å². The van der Waals surface area contributed by atoms with Crippen LogP contribution in [0.25, 0.3) is 0 Å². The van der Waals surface area contributed by atoms with Crippen LogP contribution in [0.3, 0.4) is 0 Å². The molecule has 0 aliphatic rings. The Morgan fingerprint density at radius 1 is 0.659 bits per heavy atom. The maximum Gasteiger partial charge on any atom is 0.460 e. The lowest BCUT2D eigenvalue weighted by Crippen LogP contribution is -2.63. The number of ether oxygens (including phenoxy) is 1. The number of hydrogen-bond donors (Lipinski definition) is 0. The molecule has 0 unspecified atom stereocenters. The summed E-state index contributed by atoms with van der Waals surface area (Å²) >= 11 is 1.97. The van der Waals surface area contributed by atoms with Crippen molar-refractivity contribution in [1.29, 1.82) is 0 Å². The van der Waals surface area contributed by atoms with E-state index in [4.69, 9.17) is 8.37 Å². The molecule has 0 spiro atoms. The molecule has 0 aliphatic heterocycles. The predicted molar refractivity (Wildman–Crippen MR) is 148 cm³/mol. The van der Waals surface area contributed by atoms with E-state index in [1.807, 2.05) is 0 Å². The van der Waals surface area contributed by atoms with E-state index in [2.05, 4.69) is 0 Å². The van der Waals surface area contributed by atoms with E-state index in [1.165, 1.54) is 79.9 Å². The summed E-state index contributed by atoms with van der Waals surface area (Å²) in [5.41, 5.74) is 0. The van der Waals surface area contributed by atoms with Crippen LogP contribution in [0.5, 0.6) is 5.75 Å². The van der Waals surface area contributed by atoms with Gasteiger partial charge in [0.1, 0.15) is 5.75 Å². The van der Waals surface area contributed by atoms with Gasteiger partial charge in [-0.3, -0.25) is 0 Å². The Bertz CT molecular complexity index is 1640. The Balaban J connectivity index is 1.92. The number of halogens is 9. The van der Waals surface area contributed by atoms with Crippen LogP contribution in [0.4, 0.5) is 39.5 Å². The highest BCUT2D eigenvalue weighted by atomic mass is 32.3. The minimum Gasteiger partial charge on any atom is -0.497 e. The van der Waals surface area contributed by atoms with Crippen LogP contribution < -0.4 is 4.74 Å². The van der Waals surface area contributed by atoms with Crippen molar-refractivity contribution in [3.8, 4) is 5.75 Å². The van der Waals surface area contributed by atoms with Crippen molar-refractivity contribution >= 4 is 43.5 Å². The number of methoxy groups -OCH3 is 1. The predicted octanol–water partition coefficient (Wildman–Crippen LogP) is 9.88. The summed E-state index contributed by atoms with van der Waals surface area (Å²) < 4.78 is 161. The van der Waals surface area contributed by atoms with Crippen LogP contribution in [-0.2, 0) is 13.7 Å². The van der Waals surface area contributed by atoms with Gasteiger partial charge in [0.15, 0.2) is 0 Å². The Kier molecular flexibility index (Phi) is 9.39. The van der Waals surface area contributed by atoms with Gasteiger partial charge in [-0.05, 0) is 71.0 Å². The summed E-state index contributed by atoms with van der Waals surface area (Å²) in [7, 11) is -9.84. The summed E-state index contributed by atoms with van der Waals surface area (Å²) in [6, 6.07) is 22.6. The van der Waals surface area contributed by atoms with Crippen LogP contribution in [0.1, 0.15) is 0 Å². The van der Waals surface area contributed by atoms with Crippen molar-refractivity contribution in [2.75, 3.05) is 7.11 Å². The van der Waals surface area contributed by atoms with Gasteiger partial charge in [0, 0.05) is 14.7 Å². The van der Waals surface area contributed by atoms with Crippen molar-refractivity contribution in [2.45, 2.75) is 46.4 Å². The zero-order valence-electron chi connectivity index (χ0n) is 21.9. The number of alkyl halides is 9. The second kappa shape index (κ2) is 12.2. The van der Waals surface area contributed by atoms with E-state index in [-0.39, 0.29) is 14.0 Å². The van der Waals surface area contributed by atoms with Crippen molar-refractivity contribution in [2.24, 2.45) is 0 Å². The molecule has 0 saturated carbocycles. The second-order valence-corrected chi connectivity index (χ2v) is 15.9. The summed E-state index contributed by atoms with van der Waals surface area (Å²) in [6.45, 7) is 0. The van der Waals surface area contributed by atoms with E-state index in [0.717, 1.165) is 23.1 Å². The molecular weight excluding hydrogens is 688 g/mol. The summed E-state index contributed by atoms with van der Waals surface area (Å²) in [4.78, 5) is 0.354. The van der Waals surface area contributed by atoms with Crippen molar-refractivity contribution in [3.63, 3.8) is 0 Å². The highest BCUT2D eigenvalue weighted by Gasteiger charge is 2.86.